The second-order valence-corrected chi connectivity index (χ2v) is 15.4. The monoisotopic (exact) mass is 462 g/mol. The third-order valence-electron chi connectivity index (χ3n) is 8.74. The Bertz CT molecular complexity index is 1150. The van der Waals surface area contributed by atoms with Gasteiger partial charge in [-0.1, -0.05) is 104 Å². The van der Waals surface area contributed by atoms with Gasteiger partial charge in [0.05, 0.1) is 12.2 Å². The van der Waals surface area contributed by atoms with Crippen LogP contribution in [-0.4, -0.2) is 31.1 Å². The SMILES string of the molecule is C[C@H]1NC2C(C#Cc3ccccc3)=CC=C[C@H]2N1[Si](C)(C)C1C2C=CC=CC2C2C=CC=CC21. The molecule has 1 aliphatic heterocycles. The van der Waals surface area contributed by atoms with Crippen molar-refractivity contribution in [3.05, 3.63) is 108 Å². The number of nitrogens with one attached hydrogen (secondary N) is 1. The van der Waals surface area contributed by atoms with Crippen LogP contribution >= 0.6 is 0 Å². The molecule has 5 unspecified atom stereocenters. The highest BCUT2D eigenvalue weighted by Gasteiger charge is 2.58. The molecule has 5 aliphatic rings. The van der Waals surface area contributed by atoms with Gasteiger partial charge in [-0.25, -0.2) is 0 Å². The second kappa shape index (κ2) is 8.54. The summed E-state index contributed by atoms with van der Waals surface area (Å²) in [5, 5.41) is 3.94. The van der Waals surface area contributed by atoms with Crippen molar-refractivity contribution in [2.45, 2.75) is 43.8 Å². The van der Waals surface area contributed by atoms with Crippen molar-refractivity contribution in [3.63, 3.8) is 0 Å². The van der Waals surface area contributed by atoms with Gasteiger partial charge in [0.15, 0.2) is 0 Å². The van der Waals surface area contributed by atoms with E-state index >= 15 is 0 Å². The van der Waals surface area contributed by atoms with E-state index in [-0.39, 0.29) is 6.04 Å². The minimum Gasteiger partial charge on any atom is -0.301 e. The maximum absolute atomic E-state index is 3.94. The van der Waals surface area contributed by atoms with E-state index < -0.39 is 8.24 Å². The second-order valence-electron chi connectivity index (χ2n) is 10.9. The van der Waals surface area contributed by atoms with Gasteiger partial charge in [-0.15, -0.1) is 0 Å². The van der Waals surface area contributed by atoms with Crippen LogP contribution in [0.1, 0.15) is 12.5 Å². The van der Waals surface area contributed by atoms with Crippen molar-refractivity contribution < 1.29 is 0 Å². The lowest BCUT2D eigenvalue weighted by atomic mass is 9.83. The number of allylic oxidation sites excluding steroid dienone is 10. The predicted octanol–water partition coefficient (Wildman–Crippen LogP) is 5.83. The molecule has 3 heteroatoms. The van der Waals surface area contributed by atoms with Gasteiger partial charge in [-0.05, 0) is 54.3 Å². The van der Waals surface area contributed by atoms with Gasteiger partial charge in [0.25, 0.3) is 0 Å². The van der Waals surface area contributed by atoms with E-state index in [1.165, 1.54) is 5.57 Å². The summed E-state index contributed by atoms with van der Waals surface area (Å²) in [6, 6.07) is 11.0. The zero-order valence-electron chi connectivity index (χ0n) is 20.3. The largest absolute Gasteiger partial charge is 0.301 e. The van der Waals surface area contributed by atoms with Crippen molar-refractivity contribution in [1.82, 2.24) is 9.88 Å². The Balaban J connectivity index is 1.32. The molecule has 7 atom stereocenters. The van der Waals surface area contributed by atoms with Crippen LogP contribution in [-0.2, 0) is 0 Å². The molecule has 6 rings (SSSR count). The van der Waals surface area contributed by atoms with Crippen LogP contribution in [0.3, 0.4) is 0 Å². The highest BCUT2D eigenvalue weighted by molar-refractivity contribution is 6.76. The van der Waals surface area contributed by atoms with Crippen LogP contribution in [0, 0.1) is 35.5 Å². The van der Waals surface area contributed by atoms with E-state index in [9.17, 15) is 0 Å². The summed E-state index contributed by atoms with van der Waals surface area (Å²) >= 11 is 0. The number of rotatable bonds is 2. The summed E-state index contributed by atoms with van der Waals surface area (Å²) in [7, 11) is -1.87. The number of hydrogen-bond acceptors (Lipinski definition) is 2. The molecule has 0 spiro atoms. The third-order valence-corrected chi connectivity index (χ3v) is 13.2. The first-order chi connectivity index (χ1) is 16.6. The van der Waals surface area contributed by atoms with E-state index in [2.05, 4.69) is 133 Å². The van der Waals surface area contributed by atoms with Crippen molar-refractivity contribution in [1.29, 1.82) is 0 Å². The zero-order chi connectivity index (χ0) is 23.3. The summed E-state index contributed by atoms with van der Waals surface area (Å²) in [5.74, 6) is 9.41. The van der Waals surface area contributed by atoms with Crippen molar-refractivity contribution in [2.75, 3.05) is 0 Å². The molecule has 34 heavy (non-hydrogen) atoms. The van der Waals surface area contributed by atoms with Crippen LogP contribution in [0.15, 0.2) is 103 Å². The highest BCUT2D eigenvalue weighted by Crippen LogP contribution is 2.59. The standard InChI is InChI=1S/C31H34N2Si/c1-22-32-30-24(21-20-23-12-5-4-6-13-23)14-11-19-29(30)33(22)34(2,3)31-27-17-9-7-15-25(27)26-16-8-10-18-28(26)31/h4-19,22,25-32H,1-3H3/t22-,25?,26?,27?,28?,29+,30?,31?/m0/s1. The van der Waals surface area contributed by atoms with Crippen molar-refractivity contribution in [3.8, 4) is 11.8 Å². The fraction of sp³-hybridized carbons (Fsp3) is 0.355. The number of fused-ring (bicyclic) bond motifs is 4. The van der Waals surface area contributed by atoms with Crippen LogP contribution in [0.5, 0.6) is 0 Å². The average Bonchev–Trinajstić information content (AvgIpc) is 3.39. The maximum atomic E-state index is 3.94. The molecule has 1 heterocycles. The molecular formula is C31H34N2Si. The van der Waals surface area contributed by atoms with E-state index in [0.29, 0.717) is 41.4 Å². The predicted molar refractivity (Wildman–Crippen MR) is 144 cm³/mol. The van der Waals surface area contributed by atoms with Crippen LogP contribution in [0.25, 0.3) is 0 Å². The van der Waals surface area contributed by atoms with Gasteiger partial charge in [0, 0.05) is 17.2 Å². The summed E-state index contributed by atoms with van der Waals surface area (Å²) in [4.78, 5) is 0. The van der Waals surface area contributed by atoms with Gasteiger partial charge < -0.3 is 4.57 Å². The van der Waals surface area contributed by atoms with Gasteiger partial charge in [0.2, 0.25) is 0 Å². The summed E-state index contributed by atoms with van der Waals surface area (Å²) in [6.45, 7) is 7.61. The molecule has 172 valence electrons. The Labute approximate surface area is 205 Å². The maximum Gasteiger partial charge on any atom is 0.129 e. The Morgan fingerprint density at radius 3 is 2.03 bits per heavy atom. The molecule has 1 aromatic carbocycles. The number of benzene rings is 1. The van der Waals surface area contributed by atoms with Crippen molar-refractivity contribution in [2.24, 2.45) is 23.7 Å². The van der Waals surface area contributed by atoms with E-state index in [1.807, 2.05) is 6.07 Å². The number of hydrogen-bond donors (Lipinski definition) is 1. The van der Waals surface area contributed by atoms with Crippen LogP contribution < -0.4 is 5.32 Å². The molecule has 2 fully saturated rings. The Morgan fingerprint density at radius 1 is 0.765 bits per heavy atom. The first-order valence-electron chi connectivity index (χ1n) is 12.8. The van der Waals surface area contributed by atoms with E-state index in [1.54, 1.807) is 0 Å². The highest BCUT2D eigenvalue weighted by atomic mass is 28.3. The van der Waals surface area contributed by atoms with E-state index in [4.69, 9.17) is 0 Å². The molecule has 1 saturated carbocycles. The van der Waals surface area contributed by atoms with E-state index in [0.717, 1.165) is 5.56 Å². The lowest BCUT2D eigenvalue weighted by Gasteiger charge is -2.47. The molecule has 4 aliphatic carbocycles. The first-order valence-corrected chi connectivity index (χ1v) is 15.8. The Hall–Kier alpha value is -2.64. The van der Waals surface area contributed by atoms with Gasteiger partial charge >= 0.3 is 0 Å². The first kappa shape index (κ1) is 21.9. The average molecular weight is 463 g/mol. The zero-order valence-corrected chi connectivity index (χ0v) is 21.3. The molecular weight excluding hydrogens is 428 g/mol. The van der Waals surface area contributed by atoms with Crippen LogP contribution in [0.2, 0.25) is 18.6 Å². The Morgan fingerprint density at radius 2 is 1.38 bits per heavy atom. The molecule has 1 saturated heterocycles. The molecule has 0 bridgehead atoms. The quantitative estimate of drug-likeness (QED) is 0.439. The van der Waals surface area contributed by atoms with Crippen molar-refractivity contribution >= 4 is 8.24 Å². The van der Waals surface area contributed by atoms with Gasteiger partial charge in [-0.2, -0.15) is 0 Å². The minimum absolute atomic E-state index is 0.263. The fourth-order valence-electron chi connectivity index (χ4n) is 7.52. The van der Waals surface area contributed by atoms with Gasteiger partial charge in [-0.3, -0.25) is 5.32 Å². The third kappa shape index (κ3) is 3.48. The molecule has 1 aromatic rings. The summed E-state index contributed by atoms with van der Waals surface area (Å²) in [5.41, 5.74) is 2.97. The Kier molecular flexibility index (Phi) is 5.49. The number of nitrogens with zero attached hydrogens (tertiary/aromatic N) is 1. The van der Waals surface area contributed by atoms with Crippen LogP contribution in [0.4, 0.5) is 0 Å². The minimum atomic E-state index is -1.87. The normalized spacial score (nSPS) is 37.6. The summed E-state index contributed by atoms with van der Waals surface area (Å²) < 4.78 is 2.88. The molecule has 1 N–H and O–H groups in total. The fourth-order valence-corrected chi connectivity index (χ4v) is 12.5. The smallest absolute Gasteiger partial charge is 0.129 e. The lowest BCUT2D eigenvalue weighted by molar-refractivity contribution is 0.337. The summed E-state index contributed by atoms with van der Waals surface area (Å²) in [6.07, 6.45) is 26.3. The lowest BCUT2D eigenvalue weighted by Crippen LogP contribution is -2.59. The molecule has 0 amide bonds. The topological polar surface area (TPSA) is 15.3 Å². The molecule has 0 aromatic heterocycles. The van der Waals surface area contributed by atoms with Gasteiger partial charge in [0.1, 0.15) is 8.24 Å². The molecule has 2 nitrogen and oxygen atoms in total. The molecule has 0 radical (unpaired) electrons.